The fourth-order valence-electron chi connectivity index (χ4n) is 3.22. The summed E-state index contributed by atoms with van der Waals surface area (Å²) in [6.07, 6.45) is 5.83. The number of nitrogens with zero attached hydrogens (tertiary/aromatic N) is 2. The number of rotatable bonds is 9. The maximum absolute atomic E-state index is 12.4. The van der Waals surface area contributed by atoms with Crippen molar-refractivity contribution in [1.82, 2.24) is 4.98 Å². The minimum Gasteiger partial charge on any atom is -0.326 e. The van der Waals surface area contributed by atoms with Crippen LogP contribution in [-0.2, 0) is 21.2 Å². The van der Waals surface area contributed by atoms with Crippen molar-refractivity contribution in [3.05, 3.63) is 88.2 Å². The van der Waals surface area contributed by atoms with Crippen molar-refractivity contribution in [3.8, 4) is 0 Å². The average Bonchev–Trinajstić information content (AvgIpc) is 2.74. The fraction of sp³-hybridized carbons (Fsp3) is 0.217. The molecule has 1 amide bonds. The van der Waals surface area contributed by atoms with E-state index >= 15 is 0 Å². The number of amides is 1. The zero-order chi connectivity index (χ0) is 23.1. The molecule has 0 fully saturated rings. The molecule has 0 unspecified atom stereocenters. The van der Waals surface area contributed by atoms with E-state index < -0.39 is 10.0 Å². The Hall–Kier alpha value is -2.61. The van der Waals surface area contributed by atoms with Gasteiger partial charge >= 0.3 is 0 Å². The van der Waals surface area contributed by atoms with Gasteiger partial charge in [0.25, 0.3) is 0 Å². The molecule has 0 saturated heterocycles. The van der Waals surface area contributed by atoms with Gasteiger partial charge in [-0.1, -0.05) is 41.4 Å². The lowest BCUT2D eigenvalue weighted by Gasteiger charge is -2.24. The van der Waals surface area contributed by atoms with Gasteiger partial charge in [0.05, 0.1) is 22.0 Å². The number of anilines is 2. The number of aromatic nitrogens is 1. The van der Waals surface area contributed by atoms with E-state index in [1.807, 2.05) is 36.4 Å². The maximum Gasteiger partial charge on any atom is 0.232 e. The van der Waals surface area contributed by atoms with Gasteiger partial charge in [-0.15, -0.1) is 0 Å². The van der Waals surface area contributed by atoms with Gasteiger partial charge < -0.3 is 5.32 Å². The van der Waals surface area contributed by atoms with Gasteiger partial charge in [0.2, 0.25) is 15.9 Å². The molecule has 1 heterocycles. The number of carbonyl (C=O) groups is 1. The van der Waals surface area contributed by atoms with E-state index in [0.717, 1.165) is 28.1 Å². The van der Waals surface area contributed by atoms with Crippen LogP contribution in [0.25, 0.3) is 0 Å². The Kier molecular flexibility index (Phi) is 8.12. The summed E-state index contributed by atoms with van der Waals surface area (Å²) in [6, 6.07) is 16.3. The van der Waals surface area contributed by atoms with E-state index in [4.69, 9.17) is 23.2 Å². The number of pyridine rings is 1. The predicted octanol–water partition coefficient (Wildman–Crippen LogP) is 5.16. The van der Waals surface area contributed by atoms with Crippen molar-refractivity contribution < 1.29 is 13.2 Å². The highest BCUT2D eigenvalue weighted by molar-refractivity contribution is 7.92. The lowest BCUT2D eigenvalue weighted by molar-refractivity contribution is -0.116. The molecule has 1 aromatic heterocycles. The number of hydrogen-bond donors (Lipinski definition) is 1. The van der Waals surface area contributed by atoms with Crippen LogP contribution in [0.15, 0.2) is 67.0 Å². The Morgan fingerprint density at radius 3 is 2.16 bits per heavy atom. The molecule has 2 aromatic carbocycles. The largest absolute Gasteiger partial charge is 0.326 e. The lowest BCUT2D eigenvalue weighted by atomic mass is 10.1. The van der Waals surface area contributed by atoms with Gasteiger partial charge in [-0.2, -0.15) is 0 Å². The summed E-state index contributed by atoms with van der Waals surface area (Å²) < 4.78 is 25.7. The molecule has 0 aliphatic heterocycles. The van der Waals surface area contributed by atoms with E-state index in [1.165, 1.54) is 0 Å². The molecule has 0 aliphatic carbocycles. The van der Waals surface area contributed by atoms with Crippen molar-refractivity contribution in [3.63, 3.8) is 0 Å². The molecule has 6 nitrogen and oxygen atoms in total. The number of carbonyl (C=O) groups excluding carboxylic acids is 1. The summed E-state index contributed by atoms with van der Waals surface area (Å²) in [5.74, 6) is -0.203. The first kappa shape index (κ1) is 24.0. The number of para-hydroxylation sites is 1. The molecule has 32 heavy (non-hydrogen) atoms. The minimum atomic E-state index is -3.62. The van der Waals surface area contributed by atoms with Crippen LogP contribution in [0.3, 0.4) is 0 Å². The molecule has 0 aliphatic rings. The molecule has 0 spiro atoms. The number of hydrogen-bond acceptors (Lipinski definition) is 4. The SMILES string of the molecule is CS(=O)(=O)N(CCCC(=O)Nc1ccc(Cc2ccncc2)cc1)c1c(Cl)cccc1Cl. The highest BCUT2D eigenvalue weighted by Gasteiger charge is 2.22. The minimum absolute atomic E-state index is 0.0839. The summed E-state index contributed by atoms with van der Waals surface area (Å²) in [5, 5.41) is 3.31. The van der Waals surface area contributed by atoms with Crippen molar-refractivity contribution >= 4 is 50.5 Å². The van der Waals surface area contributed by atoms with E-state index in [9.17, 15) is 13.2 Å². The molecule has 9 heteroatoms. The predicted molar refractivity (Wildman–Crippen MR) is 130 cm³/mol. The Morgan fingerprint density at radius 1 is 0.969 bits per heavy atom. The van der Waals surface area contributed by atoms with Crippen LogP contribution < -0.4 is 9.62 Å². The number of sulfonamides is 1. The van der Waals surface area contributed by atoms with Gasteiger partial charge in [-0.25, -0.2) is 8.42 Å². The van der Waals surface area contributed by atoms with Crippen molar-refractivity contribution in [1.29, 1.82) is 0 Å². The monoisotopic (exact) mass is 491 g/mol. The third-order valence-corrected chi connectivity index (χ3v) is 6.52. The molecule has 0 atom stereocenters. The van der Waals surface area contributed by atoms with Crippen molar-refractivity contribution in [2.24, 2.45) is 0 Å². The van der Waals surface area contributed by atoms with Crippen LogP contribution in [0.1, 0.15) is 24.0 Å². The Bertz CT molecular complexity index is 1150. The second kappa shape index (κ2) is 10.8. The molecule has 1 N–H and O–H groups in total. The number of nitrogens with one attached hydrogen (secondary N) is 1. The van der Waals surface area contributed by atoms with Gasteiger partial charge in [0, 0.05) is 31.0 Å². The van der Waals surface area contributed by atoms with Crippen LogP contribution in [-0.4, -0.2) is 32.1 Å². The second-order valence-electron chi connectivity index (χ2n) is 7.29. The Labute approximate surface area is 198 Å². The first-order valence-electron chi connectivity index (χ1n) is 9.93. The second-order valence-corrected chi connectivity index (χ2v) is 10.0. The molecule has 3 rings (SSSR count). The van der Waals surface area contributed by atoms with Gasteiger partial charge in [-0.05, 0) is 60.4 Å². The molecule has 0 radical (unpaired) electrons. The van der Waals surface area contributed by atoms with Crippen molar-refractivity contribution in [2.45, 2.75) is 19.3 Å². The van der Waals surface area contributed by atoms with Gasteiger partial charge in [0.15, 0.2) is 0 Å². The summed E-state index contributed by atoms with van der Waals surface area (Å²) in [5.41, 5.74) is 3.19. The highest BCUT2D eigenvalue weighted by atomic mass is 35.5. The highest BCUT2D eigenvalue weighted by Crippen LogP contribution is 2.35. The topological polar surface area (TPSA) is 79.4 Å². The fourth-order valence-corrected chi connectivity index (χ4v) is 4.91. The van der Waals surface area contributed by atoms with E-state index in [-0.39, 0.29) is 34.6 Å². The van der Waals surface area contributed by atoms with Gasteiger partial charge in [-0.3, -0.25) is 14.1 Å². The summed E-state index contributed by atoms with van der Waals surface area (Å²) >= 11 is 12.3. The summed E-state index contributed by atoms with van der Waals surface area (Å²) in [4.78, 5) is 16.4. The smallest absolute Gasteiger partial charge is 0.232 e. The Balaban J connectivity index is 1.56. The van der Waals surface area contributed by atoms with Crippen LogP contribution in [0, 0.1) is 0 Å². The summed E-state index contributed by atoms with van der Waals surface area (Å²) in [7, 11) is -3.62. The number of halogens is 2. The maximum atomic E-state index is 12.4. The van der Waals surface area contributed by atoms with Crippen LogP contribution in [0.5, 0.6) is 0 Å². The van der Waals surface area contributed by atoms with Crippen LogP contribution >= 0.6 is 23.2 Å². The Morgan fingerprint density at radius 2 is 1.56 bits per heavy atom. The molecular formula is C23H23Cl2N3O3S. The average molecular weight is 492 g/mol. The van der Waals surface area contributed by atoms with Crippen molar-refractivity contribution in [2.75, 3.05) is 22.4 Å². The quantitative estimate of drug-likeness (QED) is 0.447. The standard InChI is InChI=1S/C23H23Cl2N3O3S/c1-32(30,31)28(23-20(24)4-2-5-21(23)25)15-3-6-22(29)27-19-9-7-17(8-10-19)16-18-11-13-26-14-12-18/h2,4-5,7-14H,3,6,15-16H2,1H3,(H,27,29). The van der Waals surface area contributed by atoms with Gasteiger partial charge in [0.1, 0.15) is 0 Å². The van der Waals surface area contributed by atoms with Crippen LogP contribution in [0.2, 0.25) is 10.0 Å². The number of benzene rings is 2. The first-order valence-corrected chi connectivity index (χ1v) is 12.5. The van der Waals surface area contributed by atoms with E-state index in [0.29, 0.717) is 12.1 Å². The van der Waals surface area contributed by atoms with Crippen LogP contribution in [0.4, 0.5) is 11.4 Å². The molecular weight excluding hydrogens is 469 g/mol. The normalized spacial score (nSPS) is 11.2. The van der Waals surface area contributed by atoms with E-state index in [2.05, 4.69) is 10.3 Å². The molecule has 0 bridgehead atoms. The molecule has 3 aromatic rings. The summed E-state index contributed by atoms with van der Waals surface area (Å²) in [6.45, 7) is 0.0839. The van der Waals surface area contributed by atoms with E-state index in [1.54, 1.807) is 30.6 Å². The zero-order valence-corrected chi connectivity index (χ0v) is 19.8. The molecule has 168 valence electrons. The lowest BCUT2D eigenvalue weighted by Crippen LogP contribution is -2.32. The first-order chi connectivity index (χ1) is 15.2. The third kappa shape index (κ3) is 6.69. The molecule has 0 saturated carbocycles. The third-order valence-electron chi connectivity index (χ3n) is 4.75. The zero-order valence-electron chi connectivity index (χ0n) is 17.5.